The number of hydrogen-bond acceptors (Lipinski definition) is 5. The Morgan fingerprint density at radius 3 is 2.44 bits per heavy atom. The molecule has 0 spiro atoms. The molecule has 8 heteroatoms. The zero-order chi connectivity index (χ0) is 24.2. The summed E-state index contributed by atoms with van der Waals surface area (Å²) in [5.41, 5.74) is 4.04. The highest BCUT2D eigenvalue weighted by Gasteiger charge is 2.22. The molecular formula is C26H24N4O4. The summed E-state index contributed by atoms with van der Waals surface area (Å²) >= 11 is 0. The van der Waals surface area contributed by atoms with Crippen molar-refractivity contribution >= 4 is 17.5 Å². The predicted molar refractivity (Wildman–Crippen MR) is 130 cm³/mol. The SMILES string of the molecule is COc1ccc(/C=C/C(=O)c2ccc(-n3cccc3)cc2)cc1Cn1nc(C)c([N+](=O)[O-])c1C. The second kappa shape index (κ2) is 9.58. The summed E-state index contributed by atoms with van der Waals surface area (Å²) in [4.78, 5) is 23.6. The van der Waals surface area contributed by atoms with Gasteiger partial charge in [-0.2, -0.15) is 5.10 Å². The van der Waals surface area contributed by atoms with Crippen molar-refractivity contribution < 1.29 is 14.5 Å². The first kappa shape index (κ1) is 22.7. The van der Waals surface area contributed by atoms with E-state index in [2.05, 4.69) is 5.10 Å². The van der Waals surface area contributed by atoms with E-state index in [4.69, 9.17) is 4.74 Å². The molecule has 0 radical (unpaired) electrons. The monoisotopic (exact) mass is 456 g/mol. The Morgan fingerprint density at radius 2 is 1.82 bits per heavy atom. The van der Waals surface area contributed by atoms with Crippen molar-refractivity contribution in [3.8, 4) is 11.4 Å². The van der Waals surface area contributed by atoms with E-state index in [1.807, 2.05) is 59.4 Å². The molecule has 0 fully saturated rings. The Morgan fingerprint density at radius 1 is 1.12 bits per heavy atom. The molecule has 4 aromatic rings. The molecule has 0 aliphatic heterocycles. The highest BCUT2D eigenvalue weighted by molar-refractivity contribution is 6.06. The normalized spacial score (nSPS) is 11.1. The first-order chi connectivity index (χ1) is 16.4. The van der Waals surface area contributed by atoms with Crippen molar-refractivity contribution in [2.75, 3.05) is 7.11 Å². The minimum atomic E-state index is -0.415. The van der Waals surface area contributed by atoms with E-state index in [1.54, 1.807) is 43.8 Å². The van der Waals surface area contributed by atoms with Gasteiger partial charge in [0.1, 0.15) is 17.1 Å². The van der Waals surface area contributed by atoms with Crippen LogP contribution < -0.4 is 4.74 Å². The van der Waals surface area contributed by atoms with Gasteiger partial charge in [0.2, 0.25) is 0 Å². The number of rotatable bonds is 8. The molecule has 0 unspecified atom stereocenters. The Balaban J connectivity index is 1.54. The summed E-state index contributed by atoms with van der Waals surface area (Å²) in [6, 6.07) is 16.9. The minimum Gasteiger partial charge on any atom is -0.496 e. The second-order valence-corrected chi connectivity index (χ2v) is 7.84. The van der Waals surface area contributed by atoms with Crippen molar-refractivity contribution in [2.45, 2.75) is 20.4 Å². The van der Waals surface area contributed by atoms with Crippen LogP contribution in [0.1, 0.15) is 32.9 Å². The largest absolute Gasteiger partial charge is 0.496 e. The van der Waals surface area contributed by atoms with Gasteiger partial charge in [-0.25, -0.2) is 0 Å². The predicted octanol–water partition coefficient (Wildman–Crippen LogP) is 5.15. The number of methoxy groups -OCH3 is 1. The minimum absolute atomic E-state index is 0.0170. The van der Waals surface area contributed by atoms with Crippen LogP contribution in [0.5, 0.6) is 5.75 Å². The maximum Gasteiger partial charge on any atom is 0.312 e. The number of benzene rings is 2. The first-order valence-electron chi connectivity index (χ1n) is 10.7. The second-order valence-electron chi connectivity index (χ2n) is 7.84. The van der Waals surface area contributed by atoms with Crippen LogP contribution in [-0.4, -0.2) is 32.2 Å². The van der Waals surface area contributed by atoms with Gasteiger partial charge in [0.05, 0.1) is 18.6 Å². The summed E-state index contributed by atoms with van der Waals surface area (Å²) in [5.74, 6) is 0.532. The van der Waals surface area contributed by atoms with Gasteiger partial charge < -0.3 is 9.30 Å². The van der Waals surface area contributed by atoms with Crippen LogP contribution in [-0.2, 0) is 6.54 Å². The summed E-state index contributed by atoms with van der Waals surface area (Å²) in [5, 5.41) is 15.6. The summed E-state index contributed by atoms with van der Waals surface area (Å²) in [7, 11) is 1.57. The van der Waals surface area contributed by atoms with Crippen LogP contribution in [0.15, 0.2) is 73.1 Å². The summed E-state index contributed by atoms with van der Waals surface area (Å²) in [6.45, 7) is 3.60. The third kappa shape index (κ3) is 4.66. The third-order valence-corrected chi connectivity index (χ3v) is 5.63. The molecule has 0 saturated carbocycles. The summed E-state index contributed by atoms with van der Waals surface area (Å²) < 4.78 is 9.03. The van der Waals surface area contributed by atoms with Gasteiger partial charge in [-0.3, -0.25) is 19.6 Å². The fraction of sp³-hybridized carbons (Fsp3) is 0.154. The fourth-order valence-corrected chi connectivity index (χ4v) is 3.87. The standard InChI is InChI=1S/C26H24N4O4/c1-18-26(30(32)33)19(2)29(27-18)17-22-16-20(7-13-25(22)34-3)6-12-24(31)21-8-10-23(11-9-21)28-14-4-5-15-28/h4-16H,17H2,1-3H3/b12-6+. The molecule has 0 N–H and O–H groups in total. The molecule has 0 saturated heterocycles. The highest BCUT2D eigenvalue weighted by atomic mass is 16.6. The number of allylic oxidation sites excluding steroid dienone is 1. The van der Waals surface area contributed by atoms with Gasteiger partial charge in [-0.05, 0) is 74.0 Å². The number of nitro groups is 1. The van der Waals surface area contributed by atoms with Crippen LogP contribution in [0.25, 0.3) is 11.8 Å². The van der Waals surface area contributed by atoms with Crippen molar-refractivity contribution in [3.63, 3.8) is 0 Å². The molecule has 0 atom stereocenters. The van der Waals surface area contributed by atoms with Crippen molar-refractivity contribution in [3.05, 3.63) is 111 Å². The van der Waals surface area contributed by atoms with Crippen LogP contribution in [0.4, 0.5) is 5.69 Å². The lowest BCUT2D eigenvalue weighted by atomic mass is 10.1. The van der Waals surface area contributed by atoms with E-state index in [1.165, 1.54) is 6.08 Å². The molecule has 172 valence electrons. The highest BCUT2D eigenvalue weighted by Crippen LogP contribution is 2.26. The topological polar surface area (TPSA) is 92.2 Å². The van der Waals surface area contributed by atoms with Gasteiger partial charge in [-0.1, -0.05) is 12.1 Å². The average Bonchev–Trinajstić information content (AvgIpc) is 3.46. The van der Waals surface area contributed by atoms with Crippen LogP contribution in [0, 0.1) is 24.0 Å². The number of nitrogens with zero attached hydrogens (tertiary/aromatic N) is 4. The number of ether oxygens (including phenoxy) is 1. The van der Waals surface area contributed by atoms with E-state index in [9.17, 15) is 14.9 Å². The molecule has 0 aliphatic rings. The Kier molecular flexibility index (Phi) is 6.40. The van der Waals surface area contributed by atoms with Crippen LogP contribution in [0.3, 0.4) is 0 Å². The Bertz CT molecular complexity index is 1370. The molecule has 0 bridgehead atoms. The third-order valence-electron chi connectivity index (χ3n) is 5.63. The van der Waals surface area contributed by atoms with E-state index < -0.39 is 4.92 Å². The Hall–Kier alpha value is -4.46. The maximum absolute atomic E-state index is 12.7. The lowest BCUT2D eigenvalue weighted by Gasteiger charge is -2.11. The van der Waals surface area contributed by atoms with E-state index in [0.717, 1.165) is 16.8 Å². The van der Waals surface area contributed by atoms with E-state index in [0.29, 0.717) is 29.2 Å². The number of ketones is 1. The molecule has 34 heavy (non-hydrogen) atoms. The van der Waals surface area contributed by atoms with Gasteiger partial charge >= 0.3 is 5.69 Å². The molecule has 2 heterocycles. The smallest absolute Gasteiger partial charge is 0.312 e. The number of aromatic nitrogens is 3. The van der Waals surface area contributed by atoms with Gasteiger partial charge in [0.25, 0.3) is 0 Å². The van der Waals surface area contributed by atoms with Crippen molar-refractivity contribution in [1.29, 1.82) is 0 Å². The van der Waals surface area contributed by atoms with Gasteiger partial charge in [0.15, 0.2) is 5.78 Å². The lowest BCUT2D eigenvalue weighted by molar-refractivity contribution is -0.386. The maximum atomic E-state index is 12.7. The van der Waals surface area contributed by atoms with Crippen molar-refractivity contribution in [2.24, 2.45) is 0 Å². The van der Waals surface area contributed by atoms with Crippen molar-refractivity contribution in [1.82, 2.24) is 14.3 Å². The van der Waals surface area contributed by atoms with Gasteiger partial charge in [-0.15, -0.1) is 0 Å². The number of hydrogen-bond donors (Lipinski definition) is 0. The molecular weight excluding hydrogens is 432 g/mol. The summed E-state index contributed by atoms with van der Waals surface area (Å²) in [6.07, 6.45) is 7.17. The number of carbonyl (C=O) groups is 1. The molecule has 4 rings (SSSR count). The van der Waals surface area contributed by atoms with E-state index in [-0.39, 0.29) is 11.5 Å². The molecule has 0 aliphatic carbocycles. The average molecular weight is 457 g/mol. The zero-order valence-corrected chi connectivity index (χ0v) is 19.1. The molecule has 2 aromatic heterocycles. The quantitative estimate of drug-likeness (QED) is 0.158. The Labute approximate surface area is 196 Å². The van der Waals surface area contributed by atoms with Crippen LogP contribution in [0.2, 0.25) is 0 Å². The molecule has 2 aromatic carbocycles. The number of aryl methyl sites for hydroxylation is 1. The van der Waals surface area contributed by atoms with E-state index >= 15 is 0 Å². The zero-order valence-electron chi connectivity index (χ0n) is 19.1. The van der Waals surface area contributed by atoms with Gasteiger partial charge in [0, 0.05) is 29.2 Å². The lowest BCUT2D eigenvalue weighted by Crippen LogP contribution is -2.06. The molecule has 0 amide bonds. The first-order valence-corrected chi connectivity index (χ1v) is 10.7. The van der Waals surface area contributed by atoms with Crippen LogP contribution >= 0.6 is 0 Å². The number of carbonyl (C=O) groups excluding carboxylic acids is 1. The molecule has 8 nitrogen and oxygen atoms in total. The fourth-order valence-electron chi connectivity index (χ4n) is 3.87.